The number of benzene rings is 2. The first-order valence-corrected chi connectivity index (χ1v) is 9.34. The number of aryl methyl sites for hydroxylation is 1. The van der Waals surface area contributed by atoms with Crippen LogP contribution in [0.4, 0.5) is 0 Å². The van der Waals surface area contributed by atoms with Crippen LogP contribution in [-0.2, 0) is 14.3 Å². The van der Waals surface area contributed by atoms with Gasteiger partial charge in [-0.1, -0.05) is 54.6 Å². The zero-order chi connectivity index (χ0) is 18.3. The van der Waals surface area contributed by atoms with Crippen LogP contribution in [0.1, 0.15) is 18.1 Å². The third-order valence-corrected chi connectivity index (χ3v) is 4.80. The van der Waals surface area contributed by atoms with Crippen LogP contribution >= 0.6 is 0 Å². The van der Waals surface area contributed by atoms with Crippen molar-refractivity contribution in [1.29, 1.82) is 0 Å². The molecular weight excluding hydrogens is 336 g/mol. The highest BCUT2D eigenvalue weighted by Crippen LogP contribution is 2.22. The summed E-state index contributed by atoms with van der Waals surface area (Å²) >= 11 is 0. The molecule has 0 saturated carbocycles. The fourth-order valence-electron chi connectivity index (χ4n) is 2.15. The van der Waals surface area contributed by atoms with Crippen molar-refractivity contribution < 1.29 is 17.3 Å². The number of ether oxygens (including phenoxy) is 1. The predicted molar refractivity (Wildman–Crippen MR) is 100 cm³/mol. The maximum atomic E-state index is 12.3. The molecule has 0 N–H and O–H groups in total. The van der Waals surface area contributed by atoms with Gasteiger partial charge in [0.25, 0.3) is 10.1 Å². The topological polar surface area (TPSA) is 52.6 Å². The molecule has 2 rings (SSSR count). The largest absolute Gasteiger partial charge is 0.483 e. The molecule has 1 unspecified atom stereocenters. The molecule has 0 amide bonds. The normalized spacial score (nSPS) is 12.9. The van der Waals surface area contributed by atoms with Crippen molar-refractivity contribution in [2.24, 2.45) is 0 Å². The Labute approximate surface area is 149 Å². The molecule has 2 aromatic carbocycles. The second kappa shape index (κ2) is 8.65. The van der Waals surface area contributed by atoms with Crippen LogP contribution in [0.25, 0.3) is 6.08 Å². The molecule has 25 heavy (non-hydrogen) atoms. The highest BCUT2D eigenvalue weighted by Gasteiger charge is 2.18. The van der Waals surface area contributed by atoms with Crippen molar-refractivity contribution in [2.75, 3.05) is 6.61 Å². The summed E-state index contributed by atoms with van der Waals surface area (Å²) in [6.07, 6.45) is 4.76. The number of rotatable bonds is 8. The molecule has 0 aromatic heterocycles. The Kier molecular flexibility index (Phi) is 6.56. The standard InChI is InChI=1S/C20H22O4S/c1-4-8-17-9-6-7-10-20(17)24-18(5-2)15-23-25(21,22)19-13-11-16(3)12-14-19/h4-14,18H,2,15H2,1,3H3. The Morgan fingerprint density at radius 1 is 1.12 bits per heavy atom. The van der Waals surface area contributed by atoms with Gasteiger partial charge in [0.15, 0.2) is 0 Å². The average molecular weight is 358 g/mol. The summed E-state index contributed by atoms with van der Waals surface area (Å²) in [5.74, 6) is 0.641. The first-order valence-electron chi connectivity index (χ1n) is 7.93. The lowest BCUT2D eigenvalue weighted by Crippen LogP contribution is -2.23. The first kappa shape index (κ1) is 19.0. The summed E-state index contributed by atoms with van der Waals surface area (Å²) in [5, 5.41) is 0. The smallest absolute Gasteiger partial charge is 0.297 e. The van der Waals surface area contributed by atoms with E-state index in [0.29, 0.717) is 5.75 Å². The number of hydrogen-bond acceptors (Lipinski definition) is 4. The van der Waals surface area contributed by atoms with E-state index in [2.05, 4.69) is 6.58 Å². The van der Waals surface area contributed by atoms with E-state index in [1.807, 2.05) is 50.3 Å². The van der Waals surface area contributed by atoms with E-state index in [9.17, 15) is 8.42 Å². The van der Waals surface area contributed by atoms with Gasteiger partial charge < -0.3 is 4.74 Å². The third-order valence-electron chi connectivity index (χ3n) is 3.50. The van der Waals surface area contributed by atoms with Crippen LogP contribution < -0.4 is 4.74 Å². The fourth-order valence-corrected chi connectivity index (χ4v) is 3.07. The molecule has 1 atom stereocenters. The van der Waals surface area contributed by atoms with E-state index in [1.54, 1.807) is 12.1 Å². The summed E-state index contributed by atoms with van der Waals surface area (Å²) in [6, 6.07) is 14.0. The quantitative estimate of drug-likeness (QED) is 0.519. The molecule has 132 valence electrons. The van der Waals surface area contributed by atoms with Crippen molar-refractivity contribution >= 4 is 16.2 Å². The monoisotopic (exact) mass is 358 g/mol. The van der Waals surface area contributed by atoms with E-state index < -0.39 is 16.2 Å². The molecule has 0 saturated heterocycles. The van der Waals surface area contributed by atoms with Crippen molar-refractivity contribution in [3.8, 4) is 5.75 Å². The predicted octanol–water partition coefficient (Wildman–Crippen LogP) is 4.37. The average Bonchev–Trinajstić information content (AvgIpc) is 2.60. The highest BCUT2D eigenvalue weighted by atomic mass is 32.2. The molecule has 5 heteroatoms. The molecule has 0 aliphatic rings. The maximum Gasteiger partial charge on any atom is 0.297 e. The van der Waals surface area contributed by atoms with Crippen LogP contribution in [0.3, 0.4) is 0 Å². The zero-order valence-corrected chi connectivity index (χ0v) is 15.2. The Bertz CT molecular complexity index is 836. The van der Waals surface area contributed by atoms with Crippen molar-refractivity contribution in [3.05, 3.63) is 78.4 Å². The number of para-hydroxylation sites is 1. The minimum atomic E-state index is -3.84. The van der Waals surface area contributed by atoms with E-state index in [0.717, 1.165) is 11.1 Å². The van der Waals surface area contributed by atoms with Gasteiger partial charge in [-0.3, -0.25) is 4.18 Å². The molecule has 0 spiro atoms. The summed E-state index contributed by atoms with van der Waals surface area (Å²) in [4.78, 5) is 0.121. The second-order valence-electron chi connectivity index (χ2n) is 5.48. The fraction of sp³-hybridized carbons (Fsp3) is 0.200. The Hall–Kier alpha value is -2.37. The summed E-state index contributed by atoms with van der Waals surface area (Å²) in [7, 11) is -3.84. The van der Waals surface area contributed by atoms with Crippen LogP contribution in [0.2, 0.25) is 0 Å². The molecule has 0 bridgehead atoms. The van der Waals surface area contributed by atoms with Gasteiger partial charge in [-0.05, 0) is 38.1 Å². The summed E-state index contributed by atoms with van der Waals surface area (Å²) < 4.78 is 35.5. The minimum absolute atomic E-state index is 0.121. The molecule has 0 aliphatic heterocycles. The van der Waals surface area contributed by atoms with Gasteiger partial charge in [-0.15, -0.1) is 0 Å². The van der Waals surface area contributed by atoms with Gasteiger partial charge in [-0.25, -0.2) is 0 Å². The van der Waals surface area contributed by atoms with Crippen molar-refractivity contribution in [3.63, 3.8) is 0 Å². The zero-order valence-electron chi connectivity index (χ0n) is 14.4. The molecule has 0 heterocycles. The van der Waals surface area contributed by atoms with Crippen LogP contribution in [0, 0.1) is 6.92 Å². The minimum Gasteiger partial charge on any atom is -0.483 e. The number of allylic oxidation sites excluding steroid dienone is 1. The van der Waals surface area contributed by atoms with E-state index in [1.165, 1.54) is 18.2 Å². The lowest BCUT2D eigenvalue weighted by molar-refractivity contribution is 0.167. The molecule has 4 nitrogen and oxygen atoms in total. The Morgan fingerprint density at radius 3 is 2.44 bits per heavy atom. The first-order chi connectivity index (χ1) is 12.0. The van der Waals surface area contributed by atoms with Gasteiger partial charge in [0.2, 0.25) is 0 Å². The van der Waals surface area contributed by atoms with Gasteiger partial charge in [0.05, 0.1) is 4.90 Å². The molecule has 0 radical (unpaired) electrons. The van der Waals surface area contributed by atoms with Gasteiger partial charge in [0.1, 0.15) is 18.5 Å². The Balaban J connectivity index is 2.08. The van der Waals surface area contributed by atoms with Gasteiger partial charge >= 0.3 is 0 Å². The summed E-state index contributed by atoms with van der Waals surface area (Å²) in [6.45, 7) is 7.36. The second-order valence-corrected chi connectivity index (χ2v) is 7.10. The van der Waals surface area contributed by atoms with Gasteiger partial charge in [0, 0.05) is 5.56 Å². The SMILES string of the molecule is C=CC(COS(=O)(=O)c1ccc(C)cc1)Oc1ccccc1C=CC. The third kappa shape index (κ3) is 5.31. The lowest BCUT2D eigenvalue weighted by atomic mass is 10.2. The van der Waals surface area contributed by atoms with Crippen molar-refractivity contribution in [1.82, 2.24) is 0 Å². The van der Waals surface area contributed by atoms with Crippen LogP contribution in [-0.4, -0.2) is 21.1 Å². The Morgan fingerprint density at radius 2 is 1.80 bits per heavy atom. The lowest BCUT2D eigenvalue weighted by Gasteiger charge is -2.17. The molecule has 0 aliphatic carbocycles. The van der Waals surface area contributed by atoms with E-state index >= 15 is 0 Å². The highest BCUT2D eigenvalue weighted by molar-refractivity contribution is 7.86. The molecule has 2 aromatic rings. The van der Waals surface area contributed by atoms with Crippen LogP contribution in [0.5, 0.6) is 5.75 Å². The number of hydrogen-bond donors (Lipinski definition) is 0. The van der Waals surface area contributed by atoms with Crippen molar-refractivity contribution in [2.45, 2.75) is 24.8 Å². The maximum absolute atomic E-state index is 12.3. The van der Waals surface area contributed by atoms with Crippen LogP contribution in [0.15, 0.2) is 72.2 Å². The van der Waals surface area contributed by atoms with E-state index in [4.69, 9.17) is 8.92 Å². The summed E-state index contributed by atoms with van der Waals surface area (Å²) in [5.41, 5.74) is 1.88. The molecular formula is C20H22O4S. The van der Waals surface area contributed by atoms with E-state index in [-0.39, 0.29) is 11.5 Å². The van der Waals surface area contributed by atoms with Gasteiger partial charge in [-0.2, -0.15) is 8.42 Å². The molecule has 0 fully saturated rings.